The summed E-state index contributed by atoms with van der Waals surface area (Å²) in [6.45, 7) is 0.566. The van der Waals surface area contributed by atoms with E-state index in [0.717, 1.165) is 12.8 Å². The van der Waals surface area contributed by atoms with Gasteiger partial charge in [0.1, 0.15) is 0 Å². The van der Waals surface area contributed by atoms with Gasteiger partial charge >= 0.3 is 0 Å². The predicted molar refractivity (Wildman–Crippen MR) is 66.8 cm³/mol. The summed E-state index contributed by atoms with van der Waals surface area (Å²) in [5, 5.41) is 0. The van der Waals surface area contributed by atoms with Crippen LogP contribution in [0.5, 0.6) is 0 Å². The number of alkyl halides is 1. The lowest BCUT2D eigenvalue weighted by Crippen LogP contribution is -2.44. The highest BCUT2D eigenvalue weighted by Gasteiger charge is 2.41. The van der Waals surface area contributed by atoms with E-state index in [9.17, 15) is 13.2 Å². The Bertz CT molecular complexity index is 392. The molecule has 2 aliphatic rings. The summed E-state index contributed by atoms with van der Waals surface area (Å²) >= 11 is 5.59. The standard InChI is InChI=1S/C11H18ClNO3S/c12-5-4-11(14)13-6-1-7-17(15,16)8-10(13)9-2-3-9/h9-10H,1-8H2. The second-order valence-electron chi connectivity index (χ2n) is 4.90. The monoisotopic (exact) mass is 279 g/mol. The van der Waals surface area contributed by atoms with Crippen molar-refractivity contribution in [3.63, 3.8) is 0 Å². The Morgan fingerprint density at radius 2 is 2.06 bits per heavy atom. The molecule has 1 unspecified atom stereocenters. The molecule has 2 rings (SSSR count). The summed E-state index contributed by atoms with van der Waals surface area (Å²) in [7, 11) is -2.98. The molecular weight excluding hydrogens is 262 g/mol. The van der Waals surface area contributed by atoms with Crippen LogP contribution in [0.15, 0.2) is 0 Å². The van der Waals surface area contributed by atoms with Crippen LogP contribution < -0.4 is 0 Å². The maximum absolute atomic E-state index is 12.0. The molecule has 98 valence electrons. The van der Waals surface area contributed by atoms with Crippen LogP contribution in [0.25, 0.3) is 0 Å². The zero-order valence-corrected chi connectivity index (χ0v) is 11.3. The van der Waals surface area contributed by atoms with Crippen molar-refractivity contribution in [3.8, 4) is 0 Å². The van der Waals surface area contributed by atoms with Crippen molar-refractivity contribution in [3.05, 3.63) is 0 Å². The van der Waals surface area contributed by atoms with Crippen molar-refractivity contribution in [1.29, 1.82) is 0 Å². The number of amides is 1. The van der Waals surface area contributed by atoms with Gasteiger partial charge in [0.2, 0.25) is 5.91 Å². The van der Waals surface area contributed by atoms with Gasteiger partial charge in [-0.1, -0.05) is 0 Å². The zero-order chi connectivity index (χ0) is 12.5. The van der Waals surface area contributed by atoms with Gasteiger partial charge in [0.15, 0.2) is 9.84 Å². The Balaban J connectivity index is 2.14. The third kappa shape index (κ3) is 3.35. The molecule has 0 aromatic heterocycles. The van der Waals surface area contributed by atoms with Crippen LogP contribution in [-0.2, 0) is 14.6 Å². The van der Waals surface area contributed by atoms with E-state index in [4.69, 9.17) is 11.6 Å². The van der Waals surface area contributed by atoms with Crippen LogP contribution >= 0.6 is 11.6 Å². The first kappa shape index (κ1) is 13.1. The lowest BCUT2D eigenvalue weighted by molar-refractivity contribution is -0.133. The van der Waals surface area contributed by atoms with Crippen LogP contribution in [0.1, 0.15) is 25.7 Å². The Kier molecular flexibility index (Phi) is 3.98. The molecule has 1 saturated heterocycles. The van der Waals surface area contributed by atoms with Gasteiger partial charge in [0.05, 0.1) is 11.5 Å². The van der Waals surface area contributed by atoms with Crippen LogP contribution in [-0.4, -0.2) is 49.2 Å². The van der Waals surface area contributed by atoms with E-state index in [2.05, 4.69) is 0 Å². The highest BCUT2D eigenvalue weighted by molar-refractivity contribution is 7.91. The Morgan fingerprint density at radius 1 is 1.35 bits per heavy atom. The molecular formula is C11H18ClNO3S. The van der Waals surface area contributed by atoms with E-state index in [1.54, 1.807) is 4.90 Å². The SMILES string of the molecule is O=C(CCCl)N1CCCS(=O)(=O)CC1C1CC1. The summed E-state index contributed by atoms with van der Waals surface area (Å²) in [4.78, 5) is 13.7. The normalized spacial score (nSPS) is 28.8. The topological polar surface area (TPSA) is 54.5 Å². The maximum Gasteiger partial charge on any atom is 0.224 e. The van der Waals surface area contributed by atoms with Crippen LogP contribution in [0.4, 0.5) is 0 Å². The lowest BCUT2D eigenvalue weighted by Gasteiger charge is -2.29. The molecule has 0 aromatic carbocycles. The fourth-order valence-electron chi connectivity index (χ4n) is 2.46. The lowest BCUT2D eigenvalue weighted by atomic mass is 10.1. The van der Waals surface area contributed by atoms with E-state index < -0.39 is 9.84 Å². The molecule has 1 atom stereocenters. The van der Waals surface area contributed by atoms with Gasteiger partial charge in [0.25, 0.3) is 0 Å². The van der Waals surface area contributed by atoms with Crippen molar-refractivity contribution in [1.82, 2.24) is 4.90 Å². The smallest absolute Gasteiger partial charge is 0.224 e. The Labute approximate surface area is 107 Å². The number of rotatable bonds is 3. The molecule has 17 heavy (non-hydrogen) atoms. The van der Waals surface area contributed by atoms with E-state index in [-0.39, 0.29) is 23.5 Å². The summed E-state index contributed by atoms with van der Waals surface area (Å²) in [6.07, 6.45) is 2.96. The van der Waals surface area contributed by atoms with E-state index >= 15 is 0 Å². The molecule has 0 aromatic rings. The molecule has 0 radical (unpaired) electrons. The highest BCUT2D eigenvalue weighted by Crippen LogP contribution is 2.37. The molecule has 0 N–H and O–H groups in total. The van der Waals surface area contributed by atoms with Crippen molar-refractivity contribution in [2.75, 3.05) is 23.9 Å². The van der Waals surface area contributed by atoms with Gasteiger partial charge in [-0.15, -0.1) is 11.6 Å². The number of hydrogen-bond acceptors (Lipinski definition) is 3. The molecule has 1 amide bonds. The molecule has 1 aliphatic carbocycles. The minimum Gasteiger partial charge on any atom is -0.338 e. The molecule has 2 fully saturated rings. The average Bonchev–Trinajstić information content (AvgIpc) is 3.04. The molecule has 1 saturated carbocycles. The van der Waals surface area contributed by atoms with E-state index in [1.807, 2.05) is 0 Å². The highest BCUT2D eigenvalue weighted by atomic mass is 35.5. The second-order valence-corrected chi connectivity index (χ2v) is 7.51. The quantitative estimate of drug-likeness (QED) is 0.726. The molecule has 4 nitrogen and oxygen atoms in total. The minimum atomic E-state index is -2.98. The predicted octanol–water partition coefficient (Wildman–Crippen LogP) is 1.04. The van der Waals surface area contributed by atoms with Crippen LogP contribution in [0, 0.1) is 5.92 Å². The molecule has 0 spiro atoms. The largest absolute Gasteiger partial charge is 0.338 e. The molecule has 0 bridgehead atoms. The number of nitrogens with zero attached hydrogens (tertiary/aromatic N) is 1. The third-order valence-corrected chi connectivity index (χ3v) is 5.42. The molecule has 1 aliphatic heterocycles. The number of carbonyl (C=O) groups excluding carboxylic acids is 1. The Morgan fingerprint density at radius 3 is 2.65 bits per heavy atom. The van der Waals surface area contributed by atoms with Gasteiger partial charge in [0, 0.05) is 24.9 Å². The number of hydrogen-bond donors (Lipinski definition) is 0. The second kappa shape index (κ2) is 5.14. The number of sulfone groups is 1. The van der Waals surface area contributed by atoms with Crippen molar-refractivity contribution in [2.45, 2.75) is 31.7 Å². The summed E-state index contributed by atoms with van der Waals surface area (Å²) in [5.41, 5.74) is 0. The minimum absolute atomic E-state index is 0.00833. The van der Waals surface area contributed by atoms with Gasteiger partial charge in [-0.05, 0) is 25.2 Å². The maximum atomic E-state index is 12.0. The van der Waals surface area contributed by atoms with E-state index in [0.29, 0.717) is 31.2 Å². The summed E-state index contributed by atoms with van der Waals surface area (Å²) in [6, 6.07) is -0.0989. The number of carbonyl (C=O) groups is 1. The fraction of sp³-hybridized carbons (Fsp3) is 0.909. The van der Waals surface area contributed by atoms with Crippen LogP contribution in [0.3, 0.4) is 0 Å². The van der Waals surface area contributed by atoms with Crippen LogP contribution in [0.2, 0.25) is 0 Å². The summed E-state index contributed by atoms with van der Waals surface area (Å²) < 4.78 is 23.6. The van der Waals surface area contributed by atoms with Gasteiger partial charge in [-0.2, -0.15) is 0 Å². The first-order chi connectivity index (χ1) is 8.03. The van der Waals surface area contributed by atoms with Crippen molar-refractivity contribution in [2.24, 2.45) is 5.92 Å². The summed E-state index contributed by atoms with van der Waals surface area (Å²) in [5.74, 6) is 1.06. The Hall–Kier alpha value is -0.290. The van der Waals surface area contributed by atoms with E-state index in [1.165, 1.54) is 0 Å². The molecule has 6 heteroatoms. The van der Waals surface area contributed by atoms with Gasteiger partial charge in [-0.3, -0.25) is 4.79 Å². The molecule has 1 heterocycles. The third-order valence-electron chi connectivity index (χ3n) is 3.47. The van der Waals surface area contributed by atoms with Crippen molar-refractivity contribution < 1.29 is 13.2 Å². The van der Waals surface area contributed by atoms with Gasteiger partial charge in [-0.25, -0.2) is 8.42 Å². The van der Waals surface area contributed by atoms with Crippen molar-refractivity contribution >= 4 is 27.3 Å². The average molecular weight is 280 g/mol. The van der Waals surface area contributed by atoms with Gasteiger partial charge < -0.3 is 4.90 Å². The first-order valence-electron chi connectivity index (χ1n) is 6.09. The first-order valence-corrected chi connectivity index (χ1v) is 8.45. The number of halogens is 1. The fourth-order valence-corrected chi connectivity index (χ4v) is 4.33. The zero-order valence-electron chi connectivity index (χ0n) is 9.77.